The molecule has 0 atom stereocenters. The number of anilines is 2. The predicted molar refractivity (Wildman–Crippen MR) is 127 cm³/mol. The number of carbonyl (C=O) groups excluding carboxylic acids is 3. The second kappa shape index (κ2) is 10.6. The van der Waals surface area contributed by atoms with Crippen LogP contribution < -0.4 is 20.1 Å². The van der Waals surface area contributed by atoms with Crippen molar-refractivity contribution in [2.24, 2.45) is 0 Å². The Morgan fingerprint density at radius 3 is 2.30 bits per heavy atom. The number of hydrogen-bond donors (Lipinski definition) is 2. The van der Waals surface area contributed by atoms with Gasteiger partial charge in [-0.05, 0) is 43.7 Å². The van der Waals surface area contributed by atoms with Crippen LogP contribution in [0.2, 0.25) is 0 Å². The predicted octanol–water partition coefficient (Wildman–Crippen LogP) is 4.76. The molecule has 3 aromatic rings. The minimum absolute atomic E-state index is 0.147. The van der Waals surface area contributed by atoms with Gasteiger partial charge in [-0.15, -0.1) is 11.3 Å². The third-order valence-electron chi connectivity index (χ3n) is 4.75. The van der Waals surface area contributed by atoms with E-state index in [1.165, 1.54) is 14.2 Å². The normalized spacial score (nSPS) is 10.3. The molecule has 0 aliphatic carbocycles. The highest BCUT2D eigenvalue weighted by Gasteiger charge is 2.27. The van der Waals surface area contributed by atoms with Crippen LogP contribution in [0.15, 0.2) is 48.5 Å². The molecule has 0 aliphatic rings. The lowest BCUT2D eigenvalue weighted by molar-refractivity contribution is 0.0527. The molecule has 0 aliphatic heterocycles. The van der Waals surface area contributed by atoms with Crippen molar-refractivity contribution in [3.63, 3.8) is 0 Å². The average Bonchev–Trinajstić information content (AvgIpc) is 3.15. The summed E-state index contributed by atoms with van der Waals surface area (Å²) in [5.41, 5.74) is 1.38. The highest BCUT2D eigenvalue weighted by atomic mass is 32.1. The number of hydrogen-bond acceptors (Lipinski definition) is 7. The number of methoxy groups -OCH3 is 2. The van der Waals surface area contributed by atoms with Crippen molar-refractivity contribution >= 4 is 39.8 Å². The van der Waals surface area contributed by atoms with Crippen LogP contribution in [0.5, 0.6) is 11.5 Å². The molecule has 8 nitrogen and oxygen atoms in total. The smallest absolute Gasteiger partial charge is 0.341 e. The number of amides is 2. The van der Waals surface area contributed by atoms with E-state index >= 15 is 0 Å². The fourth-order valence-corrected chi connectivity index (χ4v) is 4.21. The second-order valence-corrected chi connectivity index (χ2v) is 7.84. The first-order chi connectivity index (χ1) is 15.9. The molecule has 0 radical (unpaired) electrons. The minimum atomic E-state index is -0.618. The Kier molecular flexibility index (Phi) is 7.68. The number of benzene rings is 2. The first kappa shape index (κ1) is 23.8. The monoisotopic (exact) mass is 468 g/mol. The third-order valence-corrected chi connectivity index (χ3v) is 5.96. The molecule has 0 saturated heterocycles. The van der Waals surface area contributed by atoms with E-state index < -0.39 is 17.8 Å². The first-order valence-electron chi connectivity index (χ1n) is 10.1. The van der Waals surface area contributed by atoms with Crippen molar-refractivity contribution < 1.29 is 28.6 Å². The van der Waals surface area contributed by atoms with Gasteiger partial charge in [0, 0.05) is 11.6 Å². The van der Waals surface area contributed by atoms with Crippen LogP contribution in [0.25, 0.3) is 0 Å². The van der Waals surface area contributed by atoms with Gasteiger partial charge < -0.3 is 24.8 Å². The fourth-order valence-electron chi connectivity index (χ4n) is 3.12. The summed E-state index contributed by atoms with van der Waals surface area (Å²) in [4.78, 5) is 38.7. The zero-order chi connectivity index (χ0) is 24.0. The Morgan fingerprint density at radius 1 is 0.939 bits per heavy atom. The summed E-state index contributed by atoms with van der Waals surface area (Å²) in [6.07, 6.45) is 0. The molecule has 0 unspecified atom stereocenters. The van der Waals surface area contributed by atoms with Gasteiger partial charge in [0.1, 0.15) is 16.5 Å². The van der Waals surface area contributed by atoms with Gasteiger partial charge in [0.15, 0.2) is 0 Å². The van der Waals surface area contributed by atoms with Crippen LogP contribution in [-0.4, -0.2) is 38.6 Å². The summed E-state index contributed by atoms with van der Waals surface area (Å²) >= 11 is 0.997. The van der Waals surface area contributed by atoms with Gasteiger partial charge in [0.2, 0.25) is 0 Å². The van der Waals surface area contributed by atoms with E-state index in [9.17, 15) is 14.4 Å². The molecule has 0 saturated carbocycles. The maximum atomic E-state index is 13.1. The third kappa shape index (κ3) is 5.32. The summed E-state index contributed by atoms with van der Waals surface area (Å²) in [5, 5.41) is 5.77. The van der Waals surface area contributed by atoms with E-state index in [4.69, 9.17) is 14.2 Å². The summed E-state index contributed by atoms with van der Waals surface area (Å²) in [6, 6.07) is 13.6. The van der Waals surface area contributed by atoms with Crippen molar-refractivity contribution in [3.8, 4) is 11.5 Å². The van der Waals surface area contributed by atoms with E-state index in [0.29, 0.717) is 28.3 Å². The Labute approximate surface area is 195 Å². The van der Waals surface area contributed by atoms with Crippen LogP contribution in [-0.2, 0) is 4.74 Å². The lowest BCUT2D eigenvalue weighted by Gasteiger charge is -2.11. The molecule has 2 amide bonds. The van der Waals surface area contributed by atoms with E-state index in [0.717, 1.165) is 11.3 Å². The van der Waals surface area contributed by atoms with Gasteiger partial charge in [0.25, 0.3) is 11.8 Å². The molecule has 33 heavy (non-hydrogen) atoms. The standard InChI is InChI=1S/C24H24N2O6S/c1-5-32-24(29)19-14(2)20(33-23(19)26-21(27)15-9-7-6-8-10-15)22(28)25-17-13-16(30-3)11-12-18(17)31-4/h6-13H,5H2,1-4H3,(H,25,28)(H,26,27). The molecule has 1 heterocycles. The maximum Gasteiger partial charge on any atom is 0.341 e. The zero-order valence-electron chi connectivity index (χ0n) is 18.7. The van der Waals surface area contributed by atoms with Gasteiger partial charge in [-0.3, -0.25) is 9.59 Å². The molecule has 9 heteroatoms. The summed E-state index contributed by atoms with van der Waals surface area (Å²) in [6.45, 7) is 3.48. The molecule has 0 spiro atoms. The van der Waals surface area contributed by atoms with Crippen molar-refractivity contribution in [1.82, 2.24) is 0 Å². The molecule has 3 rings (SSSR count). The average molecular weight is 469 g/mol. The zero-order valence-corrected chi connectivity index (χ0v) is 19.5. The number of thiophene rings is 1. The van der Waals surface area contributed by atoms with E-state index in [-0.39, 0.29) is 22.0 Å². The number of nitrogens with one attached hydrogen (secondary N) is 2. The van der Waals surface area contributed by atoms with Crippen molar-refractivity contribution in [2.75, 3.05) is 31.5 Å². The molecular formula is C24H24N2O6S. The Hall–Kier alpha value is -3.85. The number of esters is 1. The quantitative estimate of drug-likeness (QED) is 0.462. The molecule has 1 aromatic heterocycles. The lowest BCUT2D eigenvalue weighted by atomic mass is 10.1. The Morgan fingerprint density at radius 2 is 1.67 bits per heavy atom. The highest BCUT2D eigenvalue weighted by molar-refractivity contribution is 7.19. The lowest BCUT2D eigenvalue weighted by Crippen LogP contribution is -2.15. The van der Waals surface area contributed by atoms with Gasteiger partial charge in [0.05, 0.1) is 37.0 Å². The molecule has 2 N–H and O–H groups in total. The summed E-state index contributed by atoms with van der Waals surface area (Å²) < 4.78 is 15.7. The van der Waals surface area contributed by atoms with Gasteiger partial charge in [-0.2, -0.15) is 0 Å². The van der Waals surface area contributed by atoms with Gasteiger partial charge >= 0.3 is 5.97 Å². The molecule has 0 bridgehead atoms. The van der Waals surface area contributed by atoms with Gasteiger partial charge in [-0.25, -0.2) is 4.79 Å². The van der Waals surface area contributed by atoms with E-state index in [1.54, 1.807) is 62.4 Å². The fraction of sp³-hybridized carbons (Fsp3) is 0.208. The van der Waals surface area contributed by atoms with Crippen LogP contribution >= 0.6 is 11.3 Å². The molecular weight excluding hydrogens is 444 g/mol. The van der Waals surface area contributed by atoms with Crippen molar-refractivity contribution in [1.29, 1.82) is 0 Å². The molecule has 0 fully saturated rings. The number of ether oxygens (including phenoxy) is 3. The summed E-state index contributed by atoms with van der Waals surface area (Å²) in [5.74, 6) is -0.495. The van der Waals surface area contributed by atoms with E-state index in [1.807, 2.05) is 0 Å². The Bertz CT molecular complexity index is 1170. The Balaban J connectivity index is 1.97. The molecule has 2 aromatic carbocycles. The largest absolute Gasteiger partial charge is 0.497 e. The molecule has 172 valence electrons. The van der Waals surface area contributed by atoms with E-state index in [2.05, 4.69) is 10.6 Å². The van der Waals surface area contributed by atoms with Gasteiger partial charge in [-0.1, -0.05) is 18.2 Å². The number of carbonyl (C=O) groups is 3. The maximum absolute atomic E-state index is 13.1. The second-order valence-electron chi connectivity index (χ2n) is 6.82. The summed E-state index contributed by atoms with van der Waals surface area (Å²) in [7, 11) is 3.01. The minimum Gasteiger partial charge on any atom is -0.497 e. The first-order valence-corrected chi connectivity index (χ1v) is 10.9. The topological polar surface area (TPSA) is 103 Å². The van der Waals surface area contributed by atoms with Crippen LogP contribution in [0, 0.1) is 6.92 Å². The van der Waals surface area contributed by atoms with Crippen LogP contribution in [0.4, 0.5) is 10.7 Å². The van der Waals surface area contributed by atoms with Crippen LogP contribution in [0.1, 0.15) is 42.9 Å². The SMILES string of the molecule is CCOC(=O)c1c(NC(=O)c2ccccc2)sc(C(=O)Nc2cc(OC)ccc2OC)c1C. The van der Waals surface area contributed by atoms with Crippen molar-refractivity contribution in [3.05, 3.63) is 70.1 Å². The van der Waals surface area contributed by atoms with Crippen molar-refractivity contribution in [2.45, 2.75) is 13.8 Å². The highest BCUT2D eigenvalue weighted by Crippen LogP contribution is 2.36. The van der Waals surface area contributed by atoms with Crippen LogP contribution in [0.3, 0.4) is 0 Å². The number of rotatable bonds is 8.